The summed E-state index contributed by atoms with van der Waals surface area (Å²) in [5, 5.41) is 11.1. The predicted octanol–water partition coefficient (Wildman–Crippen LogP) is 1.90. The van der Waals surface area contributed by atoms with Gasteiger partial charge in [-0.05, 0) is 13.0 Å². The number of rotatable bonds is 6. The zero-order chi connectivity index (χ0) is 15.4. The fourth-order valence-corrected chi connectivity index (χ4v) is 2.81. The Bertz CT molecular complexity index is 658. The summed E-state index contributed by atoms with van der Waals surface area (Å²) in [5.41, 5.74) is 8.46. The van der Waals surface area contributed by atoms with Crippen LogP contribution in [0.15, 0.2) is 24.9 Å². The highest BCUT2D eigenvalue weighted by molar-refractivity contribution is 7.18. The summed E-state index contributed by atoms with van der Waals surface area (Å²) in [4.78, 5) is 12.4. The molecule has 0 fully saturated rings. The van der Waals surface area contributed by atoms with E-state index >= 15 is 0 Å². The number of nitrogens with one attached hydrogen (secondary N) is 2. The minimum absolute atomic E-state index is 0.178. The molecule has 0 atom stereocenters. The Morgan fingerprint density at radius 2 is 2.38 bits per heavy atom. The quantitative estimate of drug-likeness (QED) is 0.712. The van der Waals surface area contributed by atoms with E-state index in [4.69, 9.17) is 5.73 Å². The third kappa shape index (κ3) is 3.63. The number of carbonyl (C=O) groups is 1. The number of hydrogen-bond donors (Lipinski definition) is 3. The highest BCUT2D eigenvalue weighted by atomic mass is 32.1. The number of nitrogens with zero attached hydrogens (tertiary/aromatic N) is 2. The van der Waals surface area contributed by atoms with Gasteiger partial charge in [-0.2, -0.15) is 5.10 Å². The molecular weight excluding hydrogens is 286 g/mol. The van der Waals surface area contributed by atoms with Crippen LogP contribution >= 0.6 is 11.3 Å². The van der Waals surface area contributed by atoms with Crippen molar-refractivity contribution in [2.75, 3.05) is 17.6 Å². The smallest absolute Gasteiger partial charge is 0.263 e. The highest BCUT2D eigenvalue weighted by Crippen LogP contribution is 2.29. The van der Waals surface area contributed by atoms with Crippen molar-refractivity contribution in [2.45, 2.75) is 13.5 Å². The summed E-state index contributed by atoms with van der Waals surface area (Å²) >= 11 is 1.34. The van der Waals surface area contributed by atoms with Crippen LogP contribution in [0.3, 0.4) is 0 Å². The minimum Gasteiger partial charge on any atom is -0.397 e. The number of anilines is 2. The van der Waals surface area contributed by atoms with Crippen LogP contribution in [0.25, 0.3) is 0 Å². The van der Waals surface area contributed by atoms with E-state index in [-0.39, 0.29) is 5.91 Å². The summed E-state index contributed by atoms with van der Waals surface area (Å²) in [7, 11) is 1.89. The second-order valence-corrected chi connectivity index (χ2v) is 5.71. The lowest BCUT2D eigenvalue weighted by Gasteiger charge is -2.01. The van der Waals surface area contributed by atoms with Crippen molar-refractivity contribution in [3.8, 4) is 0 Å². The zero-order valence-electron chi connectivity index (χ0n) is 12.1. The van der Waals surface area contributed by atoms with Crippen molar-refractivity contribution in [2.24, 2.45) is 7.05 Å². The van der Waals surface area contributed by atoms with E-state index in [1.807, 2.05) is 20.2 Å². The number of amides is 1. The van der Waals surface area contributed by atoms with Gasteiger partial charge < -0.3 is 16.4 Å². The van der Waals surface area contributed by atoms with Gasteiger partial charge in [-0.3, -0.25) is 9.48 Å². The predicted molar refractivity (Wildman–Crippen MR) is 86.5 cm³/mol. The van der Waals surface area contributed by atoms with Gasteiger partial charge in [-0.1, -0.05) is 6.08 Å². The van der Waals surface area contributed by atoms with Crippen LogP contribution in [0.4, 0.5) is 10.7 Å². The Morgan fingerprint density at radius 1 is 1.62 bits per heavy atom. The number of carbonyl (C=O) groups excluding carboxylic acids is 1. The number of nitrogen functional groups attached to an aromatic ring is 1. The third-order valence-electron chi connectivity index (χ3n) is 2.94. The first kappa shape index (κ1) is 15.1. The average Bonchev–Trinajstić information content (AvgIpc) is 2.96. The largest absolute Gasteiger partial charge is 0.397 e. The Labute approximate surface area is 127 Å². The zero-order valence-corrected chi connectivity index (χ0v) is 13.0. The SMILES string of the molecule is C=CCNC(=O)c1sc(NCc2cn(C)nc2C)cc1N. The Hall–Kier alpha value is -2.28. The van der Waals surface area contributed by atoms with Gasteiger partial charge in [-0.15, -0.1) is 17.9 Å². The lowest BCUT2D eigenvalue weighted by Crippen LogP contribution is -2.22. The summed E-state index contributed by atoms with van der Waals surface area (Å²) in [6, 6.07) is 1.78. The molecule has 2 aromatic rings. The molecule has 112 valence electrons. The van der Waals surface area contributed by atoms with E-state index in [1.54, 1.807) is 16.8 Å². The Balaban J connectivity index is 2.03. The van der Waals surface area contributed by atoms with Crippen LogP contribution in [0, 0.1) is 6.92 Å². The minimum atomic E-state index is -0.178. The first-order valence-electron chi connectivity index (χ1n) is 6.52. The molecule has 0 spiro atoms. The molecule has 0 aromatic carbocycles. The normalized spacial score (nSPS) is 10.4. The highest BCUT2D eigenvalue weighted by Gasteiger charge is 2.14. The number of hydrogen-bond acceptors (Lipinski definition) is 5. The fourth-order valence-electron chi connectivity index (χ4n) is 1.92. The van der Waals surface area contributed by atoms with Crippen LogP contribution in [-0.4, -0.2) is 22.2 Å². The summed E-state index contributed by atoms with van der Waals surface area (Å²) in [6.07, 6.45) is 3.60. The van der Waals surface area contributed by atoms with Crippen molar-refractivity contribution in [3.05, 3.63) is 41.1 Å². The van der Waals surface area contributed by atoms with Crippen LogP contribution in [0.1, 0.15) is 20.9 Å². The van der Waals surface area contributed by atoms with Gasteiger partial charge >= 0.3 is 0 Å². The van der Waals surface area contributed by atoms with Gasteiger partial charge in [-0.25, -0.2) is 0 Å². The van der Waals surface area contributed by atoms with Gasteiger partial charge in [0.05, 0.1) is 16.4 Å². The van der Waals surface area contributed by atoms with Gasteiger partial charge in [0, 0.05) is 31.9 Å². The van der Waals surface area contributed by atoms with Crippen molar-refractivity contribution in [3.63, 3.8) is 0 Å². The van der Waals surface area contributed by atoms with E-state index < -0.39 is 0 Å². The molecule has 0 unspecified atom stereocenters. The molecule has 0 radical (unpaired) electrons. The van der Waals surface area contributed by atoms with Gasteiger partial charge in [0.1, 0.15) is 4.88 Å². The molecule has 2 heterocycles. The monoisotopic (exact) mass is 305 g/mol. The molecule has 0 aliphatic rings. The molecule has 2 aromatic heterocycles. The van der Waals surface area contributed by atoms with E-state index in [0.29, 0.717) is 23.7 Å². The van der Waals surface area contributed by atoms with Crippen molar-refractivity contribution in [1.29, 1.82) is 0 Å². The molecule has 2 rings (SSSR count). The fraction of sp³-hybridized carbons (Fsp3) is 0.286. The molecule has 0 saturated heterocycles. The second-order valence-electron chi connectivity index (χ2n) is 4.66. The molecule has 0 saturated carbocycles. The topological polar surface area (TPSA) is 85.0 Å². The van der Waals surface area contributed by atoms with Gasteiger partial charge in [0.25, 0.3) is 5.91 Å². The Morgan fingerprint density at radius 3 is 3.00 bits per heavy atom. The van der Waals surface area contributed by atoms with E-state index in [9.17, 15) is 4.79 Å². The first-order chi connectivity index (χ1) is 10.0. The van der Waals surface area contributed by atoms with E-state index in [2.05, 4.69) is 22.3 Å². The lowest BCUT2D eigenvalue weighted by molar-refractivity contribution is 0.0963. The van der Waals surface area contributed by atoms with Crippen LogP contribution < -0.4 is 16.4 Å². The third-order valence-corrected chi connectivity index (χ3v) is 4.05. The molecule has 0 bridgehead atoms. The van der Waals surface area contributed by atoms with Crippen molar-refractivity contribution >= 4 is 27.9 Å². The summed E-state index contributed by atoms with van der Waals surface area (Å²) in [5.74, 6) is -0.178. The maximum absolute atomic E-state index is 11.9. The second kappa shape index (κ2) is 6.45. The molecule has 4 N–H and O–H groups in total. The van der Waals surface area contributed by atoms with E-state index in [0.717, 1.165) is 16.3 Å². The molecule has 7 heteroatoms. The van der Waals surface area contributed by atoms with Crippen LogP contribution in [0.5, 0.6) is 0 Å². The molecule has 0 aliphatic heterocycles. The maximum Gasteiger partial charge on any atom is 0.263 e. The first-order valence-corrected chi connectivity index (χ1v) is 7.34. The molecule has 1 amide bonds. The molecule has 21 heavy (non-hydrogen) atoms. The molecule has 0 aliphatic carbocycles. The van der Waals surface area contributed by atoms with Gasteiger partial charge in [0.2, 0.25) is 0 Å². The average molecular weight is 305 g/mol. The summed E-state index contributed by atoms with van der Waals surface area (Å²) < 4.78 is 1.78. The van der Waals surface area contributed by atoms with Crippen molar-refractivity contribution in [1.82, 2.24) is 15.1 Å². The standard InChI is InChI=1S/C14H19N5OS/c1-4-5-16-14(20)13-11(15)6-12(21-13)17-7-10-8-19(3)18-9(10)2/h4,6,8,17H,1,5,7,15H2,2-3H3,(H,16,20). The maximum atomic E-state index is 11.9. The number of thiophene rings is 1. The number of nitrogens with two attached hydrogens (primary N) is 1. The number of aryl methyl sites for hydroxylation is 2. The Kier molecular flexibility index (Phi) is 4.64. The van der Waals surface area contributed by atoms with Gasteiger partial charge in [0.15, 0.2) is 0 Å². The number of aromatic nitrogens is 2. The summed E-state index contributed by atoms with van der Waals surface area (Å²) in [6.45, 7) is 6.60. The van der Waals surface area contributed by atoms with Crippen molar-refractivity contribution < 1.29 is 4.79 Å². The van der Waals surface area contributed by atoms with E-state index in [1.165, 1.54) is 11.3 Å². The lowest BCUT2D eigenvalue weighted by atomic mass is 10.2. The van der Waals surface area contributed by atoms with Crippen LogP contribution in [-0.2, 0) is 13.6 Å². The molecule has 6 nitrogen and oxygen atoms in total. The van der Waals surface area contributed by atoms with Crippen LogP contribution in [0.2, 0.25) is 0 Å². The molecular formula is C14H19N5OS.